The van der Waals surface area contributed by atoms with Crippen LogP contribution in [0.25, 0.3) is 0 Å². The minimum atomic E-state index is -0.551. The fourth-order valence-electron chi connectivity index (χ4n) is 3.52. The van der Waals surface area contributed by atoms with E-state index in [0.29, 0.717) is 11.3 Å². The van der Waals surface area contributed by atoms with Gasteiger partial charge in [0.05, 0.1) is 24.3 Å². The van der Waals surface area contributed by atoms with E-state index in [4.69, 9.17) is 9.47 Å². The Morgan fingerprint density at radius 1 is 1.31 bits per heavy atom. The van der Waals surface area contributed by atoms with Crippen molar-refractivity contribution in [1.82, 2.24) is 10.2 Å². The molecule has 2 aliphatic rings. The van der Waals surface area contributed by atoms with Crippen LogP contribution in [0.1, 0.15) is 51.1 Å². The number of hydrogen-bond donors (Lipinski definition) is 1. The molecule has 1 aliphatic heterocycles. The lowest BCUT2D eigenvalue weighted by Crippen LogP contribution is -2.46. The maximum Gasteiger partial charge on any atom is 0.338 e. The summed E-state index contributed by atoms with van der Waals surface area (Å²) < 4.78 is 11.3. The smallest absolute Gasteiger partial charge is 0.338 e. The Morgan fingerprint density at radius 2 is 2.04 bits per heavy atom. The van der Waals surface area contributed by atoms with Crippen LogP contribution in [0.4, 0.5) is 4.79 Å². The quantitative estimate of drug-likeness (QED) is 0.818. The van der Waals surface area contributed by atoms with Crippen LogP contribution in [0.2, 0.25) is 0 Å². The minimum Gasteiger partial charge on any atom is -0.490 e. The second-order valence-electron chi connectivity index (χ2n) is 6.76. The van der Waals surface area contributed by atoms with E-state index in [2.05, 4.69) is 5.32 Å². The molecule has 1 N–H and O–H groups in total. The Morgan fingerprint density at radius 3 is 2.73 bits per heavy atom. The average Bonchev–Trinajstić information content (AvgIpc) is 3.12. The number of benzene rings is 1. The van der Waals surface area contributed by atoms with E-state index >= 15 is 0 Å². The second kappa shape index (κ2) is 7.81. The monoisotopic (exact) mass is 358 g/mol. The average molecular weight is 358 g/mol. The van der Waals surface area contributed by atoms with Crippen molar-refractivity contribution in [2.45, 2.75) is 51.7 Å². The molecule has 0 spiro atoms. The first-order valence-corrected chi connectivity index (χ1v) is 9.20. The number of esters is 1. The summed E-state index contributed by atoms with van der Waals surface area (Å²) in [6.07, 6.45) is 4.79. The Balaban J connectivity index is 1.92. The lowest BCUT2D eigenvalue weighted by Gasteiger charge is -2.33. The van der Waals surface area contributed by atoms with Gasteiger partial charge >= 0.3 is 12.0 Å². The van der Waals surface area contributed by atoms with Gasteiger partial charge in [0, 0.05) is 12.7 Å². The summed E-state index contributed by atoms with van der Waals surface area (Å²) in [5, 5.41) is 2.90. The molecule has 6 heteroatoms. The number of nitrogens with zero attached hydrogens (tertiary/aromatic N) is 1. The third-order valence-electron chi connectivity index (χ3n) is 5.05. The van der Waals surface area contributed by atoms with Gasteiger partial charge < -0.3 is 19.7 Å². The zero-order chi connectivity index (χ0) is 18.7. The summed E-state index contributed by atoms with van der Waals surface area (Å²) in [6, 6.07) is 6.81. The number of amides is 2. The van der Waals surface area contributed by atoms with Gasteiger partial charge in [0.15, 0.2) is 0 Å². The zero-order valence-corrected chi connectivity index (χ0v) is 15.6. The van der Waals surface area contributed by atoms with E-state index in [0.717, 1.165) is 24.2 Å². The third-order valence-corrected chi connectivity index (χ3v) is 5.05. The van der Waals surface area contributed by atoms with Gasteiger partial charge in [-0.1, -0.05) is 12.1 Å². The number of carbonyl (C=O) groups is 2. The summed E-state index contributed by atoms with van der Waals surface area (Å²) in [5.74, 6) is 0.354. The predicted molar refractivity (Wildman–Crippen MR) is 97.7 cm³/mol. The summed E-state index contributed by atoms with van der Waals surface area (Å²) in [6.45, 7) is 3.81. The number of allylic oxidation sites excluding steroid dienone is 1. The number of nitrogens with one attached hydrogen (secondary N) is 1. The van der Waals surface area contributed by atoms with Crippen molar-refractivity contribution >= 4 is 12.0 Å². The largest absolute Gasteiger partial charge is 0.490 e. The van der Waals surface area contributed by atoms with Crippen molar-refractivity contribution in [2.24, 2.45) is 0 Å². The van der Waals surface area contributed by atoms with Gasteiger partial charge in [-0.3, -0.25) is 0 Å². The van der Waals surface area contributed by atoms with Crippen molar-refractivity contribution in [3.8, 4) is 5.75 Å². The topological polar surface area (TPSA) is 67.9 Å². The van der Waals surface area contributed by atoms with E-state index in [9.17, 15) is 9.59 Å². The number of rotatable bonds is 5. The molecule has 1 aliphatic carbocycles. The van der Waals surface area contributed by atoms with Crippen molar-refractivity contribution in [2.75, 3.05) is 13.7 Å². The maximum absolute atomic E-state index is 12.5. The molecule has 1 saturated carbocycles. The molecule has 0 radical (unpaired) electrons. The van der Waals surface area contributed by atoms with Gasteiger partial charge in [-0.15, -0.1) is 0 Å². The van der Waals surface area contributed by atoms with E-state index in [-0.39, 0.29) is 18.7 Å². The Bertz CT molecular complexity index is 722. The summed E-state index contributed by atoms with van der Waals surface area (Å²) >= 11 is 0. The Labute approximate surface area is 154 Å². The predicted octanol–water partition coefficient (Wildman–Crippen LogP) is 3.54. The molecule has 1 fully saturated rings. The van der Waals surface area contributed by atoms with Crippen molar-refractivity contribution in [1.29, 1.82) is 0 Å². The van der Waals surface area contributed by atoms with Gasteiger partial charge in [-0.05, 0) is 57.2 Å². The number of carbonyl (C=O) groups excluding carboxylic acids is 2. The molecule has 26 heavy (non-hydrogen) atoms. The first kappa shape index (κ1) is 18.3. The molecular formula is C20H26N2O4. The molecule has 0 unspecified atom stereocenters. The maximum atomic E-state index is 12.5. The lowest BCUT2D eigenvalue weighted by molar-refractivity contribution is -0.139. The molecule has 2 amide bonds. The van der Waals surface area contributed by atoms with Gasteiger partial charge in [0.1, 0.15) is 5.75 Å². The zero-order valence-electron chi connectivity index (χ0n) is 15.6. The van der Waals surface area contributed by atoms with E-state index in [1.165, 1.54) is 17.7 Å². The minimum absolute atomic E-state index is 0.248. The molecule has 0 bridgehead atoms. The van der Waals surface area contributed by atoms with Crippen LogP contribution in [-0.2, 0) is 9.53 Å². The van der Waals surface area contributed by atoms with Gasteiger partial charge in [0.25, 0.3) is 0 Å². The molecule has 1 heterocycles. The van der Waals surface area contributed by atoms with Crippen LogP contribution in [0, 0.1) is 0 Å². The van der Waals surface area contributed by atoms with Crippen LogP contribution in [0.3, 0.4) is 0 Å². The summed E-state index contributed by atoms with van der Waals surface area (Å²) in [4.78, 5) is 26.2. The van der Waals surface area contributed by atoms with E-state index < -0.39 is 12.0 Å². The molecule has 1 atom stereocenters. The Kier molecular flexibility index (Phi) is 5.49. The summed E-state index contributed by atoms with van der Waals surface area (Å²) in [5.41, 5.74) is 1.86. The van der Waals surface area contributed by atoms with Crippen molar-refractivity contribution in [3.05, 3.63) is 41.1 Å². The van der Waals surface area contributed by atoms with E-state index in [1.54, 1.807) is 20.9 Å². The fraction of sp³-hybridized carbons (Fsp3) is 0.500. The van der Waals surface area contributed by atoms with E-state index in [1.807, 2.05) is 24.3 Å². The molecule has 1 aromatic carbocycles. The van der Waals surface area contributed by atoms with Gasteiger partial charge in [-0.25, -0.2) is 9.59 Å². The van der Waals surface area contributed by atoms with Crippen LogP contribution in [0.15, 0.2) is 35.5 Å². The highest BCUT2D eigenvalue weighted by atomic mass is 16.5. The van der Waals surface area contributed by atoms with Crippen LogP contribution in [0.5, 0.6) is 5.75 Å². The van der Waals surface area contributed by atoms with Gasteiger partial charge in [-0.2, -0.15) is 0 Å². The molecule has 140 valence electrons. The normalized spacial score (nSPS) is 21.0. The SMILES string of the molecule is CCOC(=O)C1=C(C)N(C)C(=O)N[C@@H]1c1cccc(OC2CCCC2)c1. The fourth-order valence-corrected chi connectivity index (χ4v) is 3.52. The van der Waals surface area contributed by atoms with Crippen molar-refractivity contribution in [3.63, 3.8) is 0 Å². The molecule has 0 aromatic heterocycles. The number of urea groups is 1. The van der Waals surface area contributed by atoms with Gasteiger partial charge in [0.2, 0.25) is 0 Å². The lowest BCUT2D eigenvalue weighted by atomic mass is 9.95. The first-order valence-electron chi connectivity index (χ1n) is 9.20. The third kappa shape index (κ3) is 3.69. The second-order valence-corrected chi connectivity index (χ2v) is 6.76. The van der Waals surface area contributed by atoms with Crippen LogP contribution < -0.4 is 10.1 Å². The van der Waals surface area contributed by atoms with Crippen LogP contribution >= 0.6 is 0 Å². The number of ether oxygens (including phenoxy) is 2. The molecule has 3 rings (SSSR count). The highest BCUT2D eigenvalue weighted by Crippen LogP contribution is 2.33. The van der Waals surface area contributed by atoms with Crippen molar-refractivity contribution < 1.29 is 19.1 Å². The highest BCUT2D eigenvalue weighted by Gasteiger charge is 2.35. The molecule has 6 nitrogen and oxygen atoms in total. The molecular weight excluding hydrogens is 332 g/mol. The summed E-state index contributed by atoms with van der Waals surface area (Å²) in [7, 11) is 1.64. The molecule has 1 aromatic rings. The standard InChI is InChI=1S/C20H26N2O4/c1-4-25-19(23)17-13(2)22(3)20(24)21-18(17)14-8-7-11-16(12-14)26-15-9-5-6-10-15/h7-8,11-12,15,18H,4-6,9-10H2,1-3H3,(H,21,24)/t18-/m1/s1. The van der Waals surface area contributed by atoms with Crippen LogP contribution in [-0.4, -0.2) is 36.7 Å². The molecule has 0 saturated heterocycles. The Hall–Kier alpha value is -2.50. The highest BCUT2D eigenvalue weighted by molar-refractivity contribution is 5.95. The first-order chi connectivity index (χ1) is 12.5. The number of hydrogen-bond acceptors (Lipinski definition) is 4.